The van der Waals surface area contributed by atoms with Crippen LogP contribution < -0.4 is 5.56 Å². The Labute approximate surface area is 85.5 Å². The van der Waals surface area contributed by atoms with Gasteiger partial charge in [-0.25, -0.2) is 0 Å². The topological polar surface area (TPSA) is 31.2 Å². The van der Waals surface area contributed by atoms with Crippen molar-refractivity contribution in [1.82, 2.24) is 4.57 Å². The quantitative estimate of drug-likeness (QED) is 0.756. The fourth-order valence-electron chi connectivity index (χ4n) is 0.984. The van der Waals surface area contributed by atoms with Crippen molar-refractivity contribution in [3.8, 4) is 0 Å². The summed E-state index contributed by atoms with van der Waals surface area (Å²) in [6.07, 6.45) is 1.77. The zero-order valence-electron chi connectivity index (χ0n) is 7.50. The summed E-state index contributed by atoms with van der Waals surface area (Å²) in [5.41, 5.74) is 0.00269. The molecule has 0 atom stereocenters. The van der Waals surface area contributed by atoms with Gasteiger partial charge in [0.25, 0.3) is 5.56 Å². The van der Waals surface area contributed by atoms with E-state index in [1.54, 1.807) is 16.8 Å². The first-order valence-corrected chi connectivity index (χ1v) is 4.97. The smallest absolute Gasteiger partial charge is 0.250 e. The Morgan fingerprint density at radius 1 is 1.54 bits per heavy atom. The molecule has 0 unspecified atom stereocenters. The van der Waals surface area contributed by atoms with Crippen LogP contribution in [0.2, 0.25) is 0 Å². The predicted octanol–water partition coefficient (Wildman–Crippen LogP) is 1.65. The van der Waals surface area contributed by atoms with Gasteiger partial charge in [-0.3, -0.25) is 4.79 Å². The molecule has 1 rings (SSSR count). The Kier molecular flexibility index (Phi) is 4.18. The average molecular weight is 246 g/mol. The minimum atomic E-state index is 0.00269. The average Bonchev–Trinajstić information content (AvgIpc) is 2.11. The molecule has 3 nitrogen and oxygen atoms in total. The van der Waals surface area contributed by atoms with Gasteiger partial charge in [-0.05, 0) is 28.9 Å². The van der Waals surface area contributed by atoms with E-state index in [0.29, 0.717) is 19.8 Å². The monoisotopic (exact) mass is 245 g/mol. The van der Waals surface area contributed by atoms with Gasteiger partial charge >= 0.3 is 0 Å². The number of hydrogen-bond donors (Lipinski definition) is 0. The molecular weight excluding hydrogens is 234 g/mol. The Morgan fingerprint density at radius 3 is 3.00 bits per heavy atom. The normalized spacial score (nSPS) is 10.3. The standard InChI is InChI=1S/C9H12BrNO2/c1-2-13-6-5-11-7-8(10)3-4-9(11)12/h3-4,7H,2,5-6H2,1H3. The SMILES string of the molecule is CCOCCn1cc(Br)ccc1=O. The van der Waals surface area contributed by atoms with Crippen LogP contribution in [0, 0.1) is 0 Å². The van der Waals surface area contributed by atoms with Crippen LogP contribution in [0.3, 0.4) is 0 Å². The molecule has 0 aliphatic heterocycles. The summed E-state index contributed by atoms with van der Waals surface area (Å²) in [4.78, 5) is 11.3. The van der Waals surface area contributed by atoms with E-state index in [-0.39, 0.29) is 5.56 Å². The molecule has 1 aromatic heterocycles. The summed E-state index contributed by atoms with van der Waals surface area (Å²) >= 11 is 3.30. The molecule has 0 aliphatic carbocycles. The lowest BCUT2D eigenvalue weighted by molar-refractivity contribution is 0.138. The van der Waals surface area contributed by atoms with Crippen molar-refractivity contribution >= 4 is 15.9 Å². The lowest BCUT2D eigenvalue weighted by Gasteiger charge is -2.05. The molecule has 0 saturated heterocycles. The minimum Gasteiger partial charge on any atom is -0.380 e. The van der Waals surface area contributed by atoms with Crippen LogP contribution in [0.25, 0.3) is 0 Å². The number of rotatable bonds is 4. The van der Waals surface area contributed by atoms with E-state index < -0.39 is 0 Å². The summed E-state index contributed by atoms with van der Waals surface area (Å²) in [5, 5.41) is 0. The number of aromatic nitrogens is 1. The molecule has 0 aromatic carbocycles. The molecule has 0 fully saturated rings. The molecule has 0 N–H and O–H groups in total. The summed E-state index contributed by atoms with van der Waals surface area (Å²) < 4.78 is 7.69. The Balaban J connectivity index is 2.65. The second-order valence-electron chi connectivity index (χ2n) is 2.58. The van der Waals surface area contributed by atoms with Crippen molar-refractivity contribution in [2.45, 2.75) is 13.5 Å². The first kappa shape index (κ1) is 10.5. The van der Waals surface area contributed by atoms with E-state index in [2.05, 4.69) is 15.9 Å². The maximum atomic E-state index is 11.3. The highest BCUT2D eigenvalue weighted by Crippen LogP contribution is 2.04. The van der Waals surface area contributed by atoms with Crippen molar-refractivity contribution in [3.63, 3.8) is 0 Å². The lowest BCUT2D eigenvalue weighted by Crippen LogP contribution is -2.20. The largest absolute Gasteiger partial charge is 0.380 e. The maximum Gasteiger partial charge on any atom is 0.250 e. The van der Waals surface area contributed by atoms with Crippen LogP contribution in [-0.4, -0.2) is 17.8 Å². The first-order chi connectivity index (χ1) is 6.24. The molecule has 0 bridgehead atoms. The second-order valence-corrected chi connectivity index (χ2v) is 3.49. The number of pyridine rings is 1. The van der Waals surface area contributed by atoms with Crippen molar-refractivity contribution in [3.05, 3.63) is 33.2 Å². The summed E-state index contributed by atoms with van der Waals surface area (Å²) in [6.45, 7) is 3.80. The van der Waals surface area contributed by atoms with Gasteiger partial charge < -0.3 is 9.30 Å². The van der Waals surface area contributed by atoms with Gasteiger partial charge in [-0.2, -0.15) is 0 Å². The highest BCUT2D eigenvalue weighted by atomic mass is 79.9. The fourth-order valence-corrected chi connectivity index (χ4v) is 1.36. The molecule has 1 heterocycles. The minimum absolute atomic E-state index is 0.00269. The Morgan fingerprint density at radius 2 is 2.31 bits per heavy atom. The first-order valence-electron chi connectivity index (χ1n) is 4.17. The zero-order valence-corrected chi connectivity index (χ0v) is 9.08. The molecule has 0 amide bonds. The van der Waals surface area contributed by atoms with Crippen LogP contribution >= 0.6 is 15.9 Å². The van der Waals surface area contributed by atoms with Gasteiger partial charge in [0, 0.05) is 29.9 Å². The van der Waals surface area contributed by atoms with Crippen LogP contribution in [0.4, 0.5) is 0 Å². The van der Waals surface area contributed by atoms with Gasteiger partial charge in [0.2, 0.25) is 0 Å². The summed E-state index contributed by atoms with van der Waals surface area (Å²) in [5.74, 6) is 0. The molecule has 1 aromatic rings. The zero-order chi connectivity index (χ0) is 9.68. The van der Waals surface area contributed by atoms with E-state index in [0.717, 1.165) is 4.47 Å². The highest BCUT2D eigenvalue weighted by Gasteiger charge is 1.95. The molecule has 0 saturated carbocycles. The van der Waals surface area contributed by atoms with Crippen LogP contribution in [-0.2, 0) is 11.3 Å². The second kappa shape index (κ2) is 5.19. The summed E-state index contributed by atoms with van der Waals surface area (Å²) in [6, 6.07) is 3.27. The third-order valence-corrected chi connectivity index (χ3v) is 2.10. The molecular formula is C9H12BrNO2. The van der Waals surface area contributed by atoms with Gasteiger partial charge in [-0.1, -0.05) is 0 Å². The van der Waals surface area contributed by atoms with Gasteiger partial charge in [-0.15, -0.1) is 0 Å². The van der Waals surface area contributed by atoms with Gasteiger partial charge in [0.05, 0.1) is 6.61 Å². The third-order valence-electron chi connectivity index (χ3n) is 1.63. The predicted molar refractivity (Wildman–Crippen MR) is 54.9 cm³/mol. The third kappa shape index (κ3) is 3.32. The molecule has 0 spiro atoms. The number of ether oxygens (including phenoxy) is 1. The fraction of sp³-hybridized carbons (Fsp3) is 0.444. The highest BCUT2D eigenvalue weighted by molar-refractivity contribution is 9.10. The molecule has 4 heteroatoms. The van der Waals surface area contributed by atoms with E-state index in [1.165, 1.54) is 6.07 Å². The van der Waals surface area contributed by atoms with E-state index >= 15 is 0 Å². The van der Waals surface area contributed by atoms with Crippen molar-refractivity contribution in [2.24, 2.45) is 0 Å². The van der Waals surface area contributed by atoms with Crippen molar-refractivity contribution in [1.29, 1.82) is 0 Å². The maximum absolute atomic E-state index is 11.3. The molecule has 0 aliphatic rings. The lowest BCUT2D eigenvalue weighted by atomic mass is 10.4. The van der Waals surface area contributed by atoms with E-state index in [9.17, 15) is 4.79 Å². The molecule has 72 valence electrons. The van der Waals surface area contributed by atoms with E-state index in [4.69, 9.17) is 4.74 Å². The summed E-state index contributed by atoms with van der Waals surface area (Å²) in [7, 11) is 0. The van der Waals surface area contributed by atoms with E-state index in [1.807, 2.05) is 6.92 Å². The van der Waals surface area contributed by atoms with Crippen LogP contribution in [0.1, 0.15) is 6.92 Å². The van der Waals surface area contributed by atoms with Gasteiger partial charge in [0.15, 0.2) is 0 Å². The Bertz CT molecular complexity index is 322. The van der Waals surface area contributed by atoms with Crippen molar-refractivity contribution < 1.29 is 4.74 Å². The van der Waals surface area contributed by atoms with Crippen LogP contribution in [0.5, 0.6) is 0 Å². The van der Waals surface area contributed by atoms with Gasteiger partial charge in [0.1, 0.15) is 0 Å². The number of halogens is 1. The number of hydrogen-bond acceptors (Lipinski definition) is 2. The molecule has 0 radical (unpaired) electrons. The van der Waals surface area contributed by atoms with Crippen LogP contribution in [0.15, 0.2) is 27.6 Å². The number of nitrogens with zero attached hydrogens (tertiary/aromatic N) is 1. The Hall–Kier alpha value is -0.610. The molecule has 13 heavy (non-hydrogen) atoms. The van der Waals surface area contributed by atoms with Crippen molar-refractivity contribution in [2.75, 3.05) is 13.2 Å².